The molecule has 3 heterocycles. The Balaban J connectivity index is 1.51. The van der Waals surface area contributed by atoms with E-state index in [1.54, 1.807) is 41.6 Å². The van der Waals surface area contributed by atoms with Crippen molar-refractivity contribution in [2.24, 2.45) is 16.9 Å². The molecule has 178 valence electrons. The van der Waals surface area contributed by atoms with E-state index < -0.39 is 40.7 Å². The number of Topliss-reactive ketones (excluding diaryl/α,β-unsaturated/α-hetero) is 1. The van der Waals surface area contributed by atoms with E-state index in [1.807, 2.05) is 24.3 Å². The second kappa shape index (κ2) is 8.10. The van der Waals surface area contributed by atoms with Crippen LogP contribution in [0.3, 0.4) is 0 Å². The maximum absolute atomic E-state index is 13.9. The third kappa shape index (κ3) is 3.09. The van der Waals surface area contributed by atoms with E-state index in [-0.39, 0.29) is 22.2 Å². The van der Waals surface area contributed by atoms with E-state index in [9.17, 15) is 24.5 Å². The second-order valence-electron chi connectivity index (χ2n) is 8.83. The van der Waals surface area contributed by atoms with Gasteiger partial charge in [-0.1, -0.05) is 66.2 Å². The third-order valence-corrected chi connectivity index (χ3v) is 7.32. The predicted molar refractivity (Wildman–Crippen MR) is 131 cm³/mol. The monoisotopic (exact) mass is 500 g/mol. The zero-order valence-electron chi connectivity index (χ0n) is 18.5. The molecule has 0 radical (unpaired) electrons. The Hall–Kier alpha value is -4.37. The van der Waals surface area contributed by atoms with Gasteiger partial charge in [0.2, 0.25) is 11.8 Å². The quantitative estimate of drug-likeness (QED) is 0.231. The van der Waals surface area contributed by atoms with E-state index in [2.05, 4.69) is 5.10 Å². The average Bonchev–Trinajstić information content (AvgIpc) is 3.37. The number of hydrazone groups is 1. The number of ketones is 1. The fraction of sp³-hybridized carbons (Fsp3) is 0.154. The first-order chi connectivity index (χ1) is 17.4. The van der Waals surface area contributed by atoms with Gasteiger partial charge in [-0.05, 0) is 17.2 Å². The van der Waals surface area contributed by atoms with Gasteiger partial charge in [0.25, 0.3) is 5.69 Å². The minimum absolute atomic E-state index is 0.0205. The molecule has 10 heteroatoms. The zero-order valence-corrected chi connectivity index (χ0v) is 19.3. The maximum Gasteiger partial charge on any atom is 0.271 e. The lowest BCUT2D eigenvalue weighted by Gasteiger charge is -2.33. The highest BCUT2D eigenvalue weighted by Crippen LogP contribution is 2.53. The van der Waals surface area contributed by atoms with Gasteiger partial charge in [0.05, 0.1) is 39.7 Å². The molecular formula is C26H17ClN4O5. The number of nitrogens with zero attached hydrogens (tertiary/aromatic N) is 4. The fourth-order valence-corrected chi connectivity index (χ4v) is 5.67. The van der Waals surface area contributed by atoms with E-state index >= 15 is 0 Å². The predicted octanol–water partition coefficient (Wildman–Crippen LogP) is 4.01. The van der Waals surface area contributed by atoms with Crippen molar-refractivity contribution in [1.82, 2.24) is 5.01 Å². The van der Waals surface area contributed by atoms with E-state index in [0.717, 1.165) is 22.1 Å². The minimum atomic E-state index is -1.05. The molecule has 0 spiro atoms. The van der Waals surface area contributed by atoms with Gasteiger partial charge in [0.15, 0.2) is 5.78 Å². The Morgan fingerprint density at radius 3 is 2.39 bits per heavy atom. The number of nitro benzene ring substituents is 1. The molecule has 2 fully saturated rings. The highest BCUT2D eigenvalue weighted by molar-refractivity contribution is 6.36. The molecule has 0 aliphatic carbocycles. The van der Waals surface area contributed by atoms with Crippen LogP contribution in [0.25, 0.3) is 0 Å². The number of carbonyl (C=O) groups excluding carboxylic acids is 3. The van der Waals surface area contributed by atoms with Crippen LogP contribution in [0, 0.1) is 22.0 Å². The largest absolute Gasteiger partial charge is 0.292 e. The average molecular weight is 501 g/mol. The first kappa shape index (κ1) is 22.1. The first-order valence-corrected chi connectivity index (χ1v) is 11.6. The number of hydrogen-bond donors (Lipinski definition) is 0. The number of imide groups is 1. The standard InChI is InChI=1S/C26H17ClN4O5/c27-18-11-10-16(31(35)36)12-19(18)29-25(33)20-21(26(29)34)23(24(32)14-6-2-1-3-7-14)30-22(20)17-9-5-4-8-15(17)13-28-30/h1-13,20-23H/t20-,21+,22+,23-/m1/s1. The van der Waals surface area contributed by atoms with Crippen LogP contribution in [0.15, 0.2) is 77.9 Å². The van der Waals surface area contributed by atoms with Crippen LogP contribution in [0.2, 0.25) is 5.02 Å². The number of anilines is 1. The lowest BCUT2D eigenvalue weighted by atomic mass is 9.83. The molecule has 4 atom stereocenters. The van der Waals surface area contributed by atoms with Crippen LogP contribution in [-0.4, -0.2) is 39.8 Å². The number of benzene rings is 3. The highest BCUT2D eigenvalue weighted by atomic mass is 35.5. The summed E-state index contributed by atoms with van der Waals surface area (Å²) >= 11 is 6.31. The van der Waals surface area contributed by atoms with Gasteiger partial charge >= 0.3 is 0 Å². The molecule has 0 N–H and O–H groups in total. The Morgan fingerprint density at radius 2 is 1.64 bits per heavy atom. The van der Waals surface area contributed by atoms with Crippen molar-refractivity contribution < 1.29 is 19.3 Å². The summed E-state index contributed by atoms with van der Waals surface area (Å²) in [6.45, 7) is 0. The molecule has 0 unspecified atom stereocenters. The third-order valence-electron chi connectivity index (χ3n) is 7.00. The Bertz CT molecular complexity index is 1490. The molecular weight excluding hydrogens is 484 g/mol. The highest BCUT2D eigenvalue weighted by Gasteiger charge is 2.65. The normalized spacial score (nSPS) is 23.9. The molecule has 0 aromatic heterocycles. The Kier molecular flexibility index (Phi) is 4.97. The van der Waals surface area contributed by atoms with Gasteiger partial charge in [-0.25, -0.2) is 4.90 Å². The molecule has 3 aliphatic rings. The summed E-state index contributed by atoms with van der Waals surface area (Å²) in [6, 6.07) is 17.8. The SMILES string of the molecule is O=C(c1ccccc1)[C@H]1[C@H]2C(=O)N(c3cc([N+](=O)[O-])ccc3Cl)C(=O)[C@H]2[C@@H]2c3ccccc3C=NN12. The summed E-state index contributed by atoms with van der Waals surface area (Å²) in [5.74, 6) is -3.52. The number of fused-ring (bicyclic) bond motifs is 5. The fourth-order valence-electron chi connectivity index (χ4n) is 5.47. The summed E-state index contributed by atoms with van der Waals surface area (Å²) in [7, 11) is 0. The summed E-state index contributed by atoms with van der Waals surface area (Å²) in [5.41, 5.74) is 1.58. The summed E-state index contributed by atoms with van der Waals surface area (Å²) in [5, 5.41) is 17.5. The van der Waals surface area contributed by atoms with Crippen LogP contribution < -0.4 is 4.90 Å². The number of halogens is 1. The van der Waals surface area contributed by atoms with E-state index in [1.165, 1.54) is 12.1 Å². The Labute approximate surface area is 209 Å². The topological polar surface area (TPSA) is 113 Å². The summed E-state index contributed by atoms with van der Waals surface area (Å²) < 4.78 is 0. The van der Waals surface area contributed by atoms with Gasteiger partial charge in [-0.3, -0.25) is 29.5 Å². The van der Waals surface area contributed by atoms with Crippen LogP contribution in [-0.2, 0) is 9.59 Å². The molecule has 3 aliphatic heterocycles. The summed E-state index contributed by atoms with van der Waals surface area (Å²) in [6.07, 6.45) is 1.63. The number of rotatable bonds is 4. The van der Waals surface area contributed by atoms with Gasteiger partial charge in [-0.2, -0.15) is 5.10 Å². The van der Waals surface area contributed by atoms with Crippen LogP contribution in [0.5, 0.6) is 0 Å². The Morgan fingerprint density at radius 1 is 0.944 bits per heavy atom. The number of non-ortho nitro benzene ring substituents is 1. The first-order valence-electron chi connectivity index (χ1n) is 11.2. The second-order valence-corrected chi connectivity index (χ2v) is 9.24. The van der Waals surface area contributed by atoms with Crippen LogP contribution >= 0.6 is 11.6 Å². The molecule has 3 aromatic rings. The van der Waals surface area contributed by atoms with Gasteiger partial charge in [0.1, 0.15) is 6.04 Å². The molecule has 36 heavy (non-hydrogen) atoms. The van der Waals surface area contributed by atoms with Crippen molar-refractivity contribution in [1.29, 1.82) is 0 Å². The molecule has 0 saturated carbocycles. The molecule has 0 bridgehead atoms. The zero-order chi connectivity index (χ0) is 25.1. The molecule has 2 saturated heterocycles. The minimum Gasteiger partial charge on any atom is -0.292 e. The van der Waals surface area contributed by atoms with E-state index in [0.29, 0.717) is 5.56 Å². The molecule has 3 aromatic carbocycles. The number of amides is 2. The molecule has 6 rings (SSSR count). The van der Waals surface area contributed by atoms with Crippen molar-refractivity contribution in [2.75, 3.05) is 4.90 Å². The lowest BCUT2D eigenvalue weighted by Crippen LogP contribution is -2.44. The molecule has 2 amide bonds. The number of nitro groups is 1. The molecule has 9 nitrogen and oxygen atoms in total. The van der Waals surface area contributed by atoms with Crippen molar-refractivity contribution in [3.8, 4) is 0 Å². The van der Waals surface area contributed by atoms with Crippen LogP contribution in [0.1, 0.15) is 27.5 Å². The van der Waals surface area contributed by atoms with E-state index in [4.69, 9.17) is 11.6 Å². The van der Waals surface area contributed by atoms with Crippen molar-refractivity contribution >= 4 is 46.8 Å². The lowest BCUT2D eigenvalue weighted by molar-refractivity contribution is -0.384. The van der Waals surface area contributed by atoms with Crippen molar-refractivity contribution in [2.45, 2.75) is 12.1 Å². The van der Waals surface area contributed by atoms with Crippen molar-refractivity contribution in [3.05, 3.63) is 105 Å². The van der Waals surface area contributed by atoms with Crippen LogP contribution in [0.4, 0.5) is 11.4 Å². The van der Waals surface area contributed by atoms with Gasteiger partial charge in [-0.15, -0.1) is 0 Å². The smallest absolute Gasteiger partial charge is 0.271 e. The summed E-state index contributed by atoms with van der Waals surface area (Å²) in [4.78, 5) is 53.2. The number of carbonyl (C=O) groups is 3. The van der Waals surface area contributed by atoms with Gasteiger partial charge < -0.3 is 0 Å². The number of hydrogen-bond acceptors (Lipinski definition) is 7. The van der Waals surface area contributed by atoms with Crippen molar-refractivity contribution in [3.63, 3.8) is 0 Å². The van der Waals surface area contributed by atoms with Gasteiger partial charge in [0, 0.05) is 17.7 Å². The maximum atomic E-state index is 13.9.